The first-order valence-electron chi connectivity index (χ1n) is 10.0. The van der Waals surface area contributed by atoms with E-state index in [1.54, 1.807) is 12.3 Å². The average molecular weight is 434 g/mol. The number of nitrogens with zero attached hydrogens (tertiary/aromatic N) is 5. The van der Waals surface area contributed by atoms with Crippen molar-refractivity contribution < 1.29 is 13.2 Å². The van der Waals surface area contributed by atoms with Crippen LogP contribution in [0.5, 0.6) is 0 Å². The van der Waals surface area contributed by atoms with Gasteiger partial charge in [0.15, 0.2) is 0 Å². The van der Waals surface area contributed by atoms with Crippen LogP contribution in [-0.4, -0.2) is 52.2 Å². The summed E-state index contributed by atoms with van der Waals surface area (Å²) in [6, 6.07) is 6.01. The molecule has 5 heterocycles. The summed E-state index contributed by atoms with van der Waals surface area (Å²) in [6.45, 7) is 5.97. The molecule has 0 bridgehead atoms. The molecule has 5 nitrogen and oxygen atoms in total. The molecule has 2 aliphatic rings. The first kappa shape index (κ1) is 19.7. The maximum absolute atomic E-state index is 12.8. The zero-order valence-electron chi connectivity index (χ0n) is 16.6. The van der Waals surface area contributed by atoms with Crippen molar-refractivity contribution in [3.8, 4) is 0 Å². The van der Waals surface area contributed by atoms with Crippen LogP contribution in [-0.2, 0) is 6.42 Å². The lowest BCUT2D eigenvalue weighted by molar-refractivity contribution is -0.126. The number of thiophene rings is 1. The van der Waals surface area contributed by atoms with Crippen molar-refractivity contribution in [1.82, 2.24) is 19.9 Å². The Morgan fingerprint density at radius 1 is 1.23 bits per heavy atom. The minimum Gasteiger partial charge on any atom is -0.355 e. The van der Waals surface area contributed by atoms with Gasteiger partial charge in [-0.1, -0.05) is 6.07 Å². The minimum atomic E-state index is -4.22. The van der Waals surface area contributed by atoms with Crippen LogP contribution in [0.25, 0.3) is 10.2 Å². The normalized spacial score (nSPS) is 20.1. The van der Waals surface area contributed by atoms with Crippen LogP contribution in [0.2, 0.25) is 0 Å². The fourth-order valence-electron chi connectivity index (χ4n) is 4.73. The fraction of sp³-hybridized carbons (Fsp3) is 0.476. The van der Waals surface area contributed by atoms with Gasteiger partial charge in [0, 0.05) is 54.9 Å². The molecule has 1 atom stereocenters. The van der Waals surface area contributed by atoms with Gasteiger partial charge in [0.25, 0.3) is 0 Å². The van der Waals surface area contributed by atoms with Crippen LogP contribution in [0.3, 0.4) is 0 Å². The summed E-state index contributed by atoms with van der Waals surface area (Å²) in [7, 11) is 0. The Morgan fingerprint density at radius 2 is 2.07 bits per heavy atom. The molecule has 0 aromatic carbocycles. The van der Waals surface area contributed by atoms with Crippen molar-refractivity contribution in [3.63, 3.8) is 0 Å². The van der Waals surface area contributed by atoms with Crippen molar-refractivity contribution >= 4 is 27.4 Å². The van der Waals surface area contributed by atoms with Gasteiger partial charge in [0.05, 0.1) is 11.8 Å². The number of fused-ring (bicyclic) bond motifs is 1. The number of rotatable bonds is 4. The maximum Gasteiger partial charge on any atom is 0.393 e. The van der Waals surface area contributed by atoms with Crippen LogP contribution in [0.1, 0.15) is 29.8 Å². The lowest BCUT2D eigenvalue weighted by atomic mass is 9.77. The van der Waals surface area contributed by atoms with E-state index >= 15 is 0 Å². The highest BCUT2D eigenvalue weighted by Gasteiger charge is 2.49. The summed E-state index contributed by atoms with van der Waals surface area (Å²) in [4.78, 5) is 18.5. The largest absolute Gasteiger partial charge is 0.393 e. The van der Waals surface area contributed by atoms with Crippen LogP contribution >= 0.6 is 11.3 Å². The van der Waals surface area contributed by atoms with Gasteiger partial charge in [-0.3, -0.25) is 9.88 Å². The Labute approximate surface area is 176 Å². The predicted octanol–water partition coefficient (Wildman–Crippen LogP) is 4.46. The van der Waals surface area contributed by atoms with Gasteiger partial charge >= 0.3 is 6.18 Å². The lowest BCUT2D eigenvalue weighted by Crippen LogP contribution is -2.58. The van der Waals surface area contributed by atoms with Crippen LogP contribution < -0.4 is 4.90 Å². The molecule has 1 unspecified atom stereocenters. The second-order valence-electron chi connectivity index (χ2n) is 8.46. The van der Waals surface area contributed by atoms with Gasteiger partial charge in [-0.05, 0) is 31.0 Å². The van der Waals surface area contributed by atoms with Gasteiger partial charge in [-0.15, -0.1) is 11.3 Å². The standard InChI is InChI=1S/C21H22F3N5S/c1-14(15-3-2-5-25-9-15)29-11-20(12-29)4-6-28(10-20)18-17-7-16(8-21(22,23)24)30-19(17)27-13-26-18/h2-3,5,7,9,13-14H,4,6,8,10-12H2,1H3. The van der Waals surface area contributed by atoms with Crippen molar-refractivity contribution in [3.05, 3.63) is 47.4 Å². The highest BCUT2D eigenvalue weighted by atomic mass is 32.1. The smallest absolute Gasteiger partial charge is 0.355 e. The predicted molar refractivity (Wildman–Crippen MR) is 111 cm³/mol. The molecule has 0 saturated carbocycles. The summed E-state index contributed by atoms with van der Waals surface area (Å²) in [5, 5.41) is 0.735. The van der Waals surface area contributed by atoms with Gasteiger partial charge in [-0.25, -0.2) is 9.97 Å². The Balaban J connectivity index is 1.30. The molecule has 2 saturated heterocycles. The highest BCUT2D eigenvalue weighted by molar-refractivity contribution is 7.18. The zero-order valence-corrected chi connectivity index (χ0v) is 17.4. The van der Waals surface area contributed by atoms with E-state index in [4.69, 9.17) is 0 Å². The minimum absolute atomic E-state index is 0.221. The van der Waals surface area contributed by atoms with E-state index in [9.17, 15) is 13.2 Å². The molecular formula is C21H22F3N5S. The molecule has 5 rings (SSSR count). The third kappa shape index (κ3) is 3.65. The molecule has 0 aliphatic carbocycles. The first-order valence-corrected chi connectivity index (χ1v) is 10.8. The van der Waals surface area contributed by atoms with Crippen LogP contribution in [0.15, 0.2) is 36.9 Å². The Hall–Kier alpha value is -2.26. The van der Waals surface area contributed by atoms with Crippen molar-refractivity contribution in [1.29, 1.82) is 0 Å². The average Bonchev–Trinajstić information content (AvgIpc) is 3.29. The molecule has 2 fully saturated rings. The van der Waals surface area contributed by atoms with Crippen LogP contribution in [0, 0.1) is 5.41 Å². The quantitative estimate of drug-likeness (QED) is 0.608. The molecule has 1 spiro atoms. The Morgan fingerprint density at radius 3 is 2.80 bits per heavy atom. The van der Waals surface area contributed by atoms with Gasteiger partial charge in [-0.2, -0.15) is 13.2 Å². The SMILES string of the molecule is CC(c1cccnc1)N1CC2(CCN(c3ncnc4sc(CC(F)(F)F)cc34)C2)C1. The fourth-order valence-corrected chi connectivity index (χ4v) is 5.75. The monoisotopic (exact) mass is 433 g/mol. The lowest BCUT2D eigenvalue weighted by Gasteiger charge is -2.51. The second-order valence-corrected chi connectivity index (χ2v) is 9.57. The molecule has 30 heavy (non-hydrogen) atoms. The third-order valence-corrected chi connectivity index (χ3v) is 7.31. The molecular weight excluding hydrogens is 411 g/mol. The number of likely N-dealkylation sites (tertiary alicyclic amines) is 1. The molecule has 2 aliphatic heterocycles. The maximum atomic E-state index is 12.8. The van der Waals surface area contributed by atoms with Crippen molar-refractivity contribution in [2.75, 3.05) is 31.1 Å². The molecule has 0 radical (unpaired) electrons. The van der Waals surface area contributed by atoms with Crippen molar-refractivity contribution in [2.24, 2.45) is 5.41 Å². The topological polar surface area (TPSA) is 45.2 Å². The summed E-state index contributed by atoms with van der Waals surface area (Å²) in [5.41, 5.74) is 1.44. The van der Waals surface area contributed by atoms with E-state index in [1.165, 1.54) is 11.9 Å². The van der Waals surface area contributed by atoms with Gasteiger partial charge in [0.1, 0.15) is 17.0 Å². The van der Waals surface area contributed by atoms with Gasteiger partial charge < -0.3 is 4.90 Å². The van der Waals surface area contributed by atoms with Crippen molar-refractivity contribution in [2.45, 2.75) is 32.0 Å². The molecule has 3 aromatic rings. The molecule has 9 heteroatoms. The molecule has 3 aromatic heterocycles. The Bertz CT molecular complexity index is 1050. The zero-order chi connectivity index (χ0) is 20.9. The molecule has 0 amide bonds. The number of alkyl halides is 3. The van der Waals surface area contributed by atoms with Gasteiger partial charge in [0.2, 0.25) is 0 Å². The molecule has 0 N–H and O–H groups in total. The number of aromatic nitrogens is 3. The van der Waals surface area contributed by atoms with E-state index < -0.39 is 12.6 Å². The first-order chi connectivity index (χ1) is 14.3. The van der Waals surface area contributed by atoms with E-state index in [2.05, 4.69) is 37.7 Å². The summed E-state index contributed by atoms with van der Waals surface area (Å²) in [5.74, 6) is 0.764. The number of hydrogen-bond donors (Lipinski definition) is 0. The second kappa shape index (κ2) is 7.16. The summed E-state index contributed by atoms with van der Waals surface area (Å²) in [6.07, 6.45) is 1.10. The van der Waals surface area contributed by atoms with E-state index in [0.29, 0.717) is 10.9 Å². The van der Waals surface area contributed by atoms with E-state index in [1.807, 2.05) is 12.3 Å². The molecule has 158 valence electrons. The van der Waals surface area contributed by atoms with Crippen LogP contribution in [0.4, 0.5) is 19.0 Å². The van der Waals surface area contributed by atoms with E-state index in [0.717, 1.165) is 55.1 Å². The highest BCUT2D eigenvalue weighted by Crippen LogP contribution is 2.45. The number of anilines is 1. The Kier molecular flexibility index (Phi) is 4.70. The summed E-state index contributed by atoms with van der Waals surface area (Å²) < 4.78 is 38.4. The number of halogens is 3. The number of hydrogen-bond acceptors (Lipinski definition) is 6. The summed E-state index contributed by atoms with van der Waals surface area (Å²) >= 11 is 1.11. The van der Waals surface area contributed by atoms with E-state index in [-0.39, 0.29) is 10.3 Å². The third-order valence-electron chi connectivity index (χ3n) is 6.26. The number of pyridine rings is 1.